The summed E-state index contributed by atoms with van der Waals surface area (Å²) in [5.74, 6) is -2.24. The van der Waals surface area contributed by atoms with Crippen molar-refractivity contribution in [3.63, 3.8) is 0 Å². The molecule has 0 heterocycles. The van der Waals surface area contributed by atoms with Crippen LogP contribution in [0.3, 0.4) is 0 Å². The van der Waals surface area contributed by atoms with Gasteiger partial charge in [0.05, 0.1) is 40.1 Å². The number of carboxylic acids is 1. The number of nitrogens with zero attached hydrogens (tertiary/aromatic N) is 6. The number of hydrogen-bond donors (Lipinski definition) is 3. The Morgan fingerprint density at radius 3 is 1.62 bits per heavy atom. The van der Waals surface area contributed by atoms with Crippen LogP contribution in [-0.2, 0) is 10.1 Å². The fraction of sp³-hybridized carbons (Fsp3) is 0. The van der Waals surface area contributed by atoms with Gasteiger partial charge >= 0.3 is 59.1 Å². The second-order valence-corrected chi connectivity index (χ2v) is 12.1. The van der Waals surface area contributed by atoms with Crippen molar-refractivity contribution < 1.29 is 87.1 Å². The van der Waals surface area contributed by atoms with Crippen molar-refractivity contribution in [2.75, 3.05) is 11.5 Å². The first-order valence-corrected chi connectivity index (χ1v) is 16.1. The minimum Gasteiger partial charge on any atom is -0.872 e. The molecule has 0 bridgehead atoms. The summed E-state index contributed by atoms with van der Waals surface area (Å²) in [7, 11) is -4.45. The van der Waals surface area contributed by atoms with Crippen LogP contribution in [0.25, 0.3) is 21.9 Å². The van der Waals surface area contributed by atoms with Gasteiger partial charge in [0.25, 0.3) is 10.1 Å². The zero-order valence-corrected chi connectivity index (χ0v) is 32.5. The van der Waals surface area contributed by atoms with Crippen molar-refractivity contribution in [3.8, 4) is 16.9 Å². The van der Waals surface area contributed by atoms with E-state index in [2.05, 4.69) is 30.7 Å². The van der Waals surface area contributed by atoms with E-state index in [0.717, 1.165) is 23.3 Å². The molecule has 0 aliphatic carbocycles. The molecule has 0 amide bonds. The molecule has 14 nitrogen and oxygen atoms in total. The van der Waals surface area contributed by atoms with Gasteiger partial charge in [-0.15, -0.1) is 15.3 Å². The van der Waals surface area contributed by atoms with Crippen molar-refractivity contribution in [3.05, 3.63) is 121 Å². The average Bonchev–Trinajstić information content (AvgIpc) is 3.10. The Kier molecular flexibility index (Phi) is 13.1. The molecular formula is C35H24N8Na2O6S. The van der Waals surface area contributed by atoms with Crippen LogP contribution >= 0.6 is 0 Å². The molecule has 0 aliphatic rings. The standard InChI is InChI=1S/C35H26N8O6S.2Na/c36-28-18-29(37)32(43-41-30-14-16-34(50(47,48)49)26-4-2-1-3-25(26)30)19-31(28)42-39-23-11-7-21(8-12-23)20-5-9-22(10-6-20)38-40-24-13-15-33(44)27(17-24)35(45)46;;/h1-19,44H,36-37H2,(H,45,46)(H,47,48,49);;/q;2*+1/p-2. The van der Waals surface area contributed by atoms with Crippen molar-refractivity contribution >= 4 is 72.4 Å². The van der Waals surface area contributed by atoms with Gasteiger partial charge in [0.2, 0.25) is 0 Å². The number of nitrogen functional groups attached to an aromatic ring is 2. The molecule has 6 aromatic rings. The first-order chi connectivity index (χ1) is 24.0. The van der Waals surface area contributed by atoms with Gasteiger partial charge in [-0.2, -0.15) is 23.8 Å². The summed E-state index contributed by atoms with van der Waals surface area (Å²) in [4.78, 5) is 10.8. The molecule has 0 aliphatic heterocycles. The van der Waals surface area contributed by atoms with Crippen LogP contribution in [0.2, 0.25) is 0 Å². The zero-order valence-electron chi connectivity index (χ0n) is 27.7. The van der Waals surface area contributed by atoms with Crippen LogP contribution in [0.1, 0.15) is 10.4 Å². The Hall–Kier alpha value is -4.84. The van der Waals surface area contributed by atoms with Crippen LogP contribution in [-0.4, -0.2) is 18.9 Å². The van der Waals surface area contributed by atoms with E-state index in [9.17, 15) is 28.0 Å². The summed E-state index contributed by atoms with van der Waals surface area (Å²) in [6, 6.07) is 30.3. The minimum atomic E-state index is -4.45. The number of aromatic carboxylic acids is 1. The summed E-state index contributed by atoms with van der Waals surface area (Å²) < 4.78 is 33.2. The van der Waals surface area contributed by atoms with Crippen molar-refractivity contribution in [2.45, 2.75) is 4.90 Å². The zero-order chi connectivity index (χ0) is 35.4. The second-order valence-electron chi connectivity index (χ2n) is 10.7. The van der Waals surface area contributed by atoms with Gasteiger partial charge in [0, 0.05) is 10.8 Å². The number of azo groups is 3. The van der Waals surface area contributed by atoms with Gasteiger partial charge in [-0.25, -0.2) is 0 Å². The van der Waals surface area contributed by atoms with Crippen LogP contribution in [0.4, 0.5) is 45.5 Å². The van der Waals surface area contributed by atoms with E-state index < -0.39 is 27.4 Å². The Bertz CT molecular complexity index is 2480. The van der Waals surface area contributed by atoms with E-state index in [4.69, 9.17) is 11.5 Å². The van der Waals surface area contributed by atoms with E-state index in [1.807, 2.05) is 24.3 Å². The topological polar surface area (TPSA) is 244 Å². The Morgan fingerprint density at radius 2 is 1.06 bits per heavy atom. The molecule has 248 valence electrons. The van der Waals surface area contributed by atoms with Gasteiger partial charge in [-0.1, -0.05) is 60.3 Å². The van der Waals surface area contributed by atoms with E-state index in [0.29, 0.717) is 33.5 Å². The Morgan fingerprint density at radius 1 is 0.577 bits per heavy atom. The molecule has 0 saturated heterocycles. The van der Waals surface area contributed by atoms with Crippen LogP contribution < -0.4 is 80.8 Å². The minimum absolute atomic E-state index is 0. The predicted molar refractivity (Wildman–Crippen MR) is 184 cm³/mol. The number of carboxylic acid groups (broad SMARTS) is 1. The number of benzene rings is 6. The second kappa shape index (κ2) is 17.1. The van der Waals surface area contributed by atoms with E-state index >= 15 is 0 Å². The first-order valence-electron chi connectivity index (χ1n) is 14.6. The largest absolute Gasteiger partial charge is 1.00 e. The fourth-order valence-electron chi connectivity index (χ4n) is 4.87. The van der Waals surface area contributed by atoms with Gasteiger partial charge in [-0.3, -0.25) is 4.55 Å². The molecule has 0 atom stereocenters. The third-order valence-corrected chi connectivity index (χ3v) is 8.30. The molecule has 52 heavy (non-hydrogen) atoms. The van der Waals surface area contributed by atoms with Crippen molar-refractivity contribution in [2.24, 2.45) is 30.7 Å². The number of hydrogen-bond acceptors (Lipinski definition) is 13. The molecular weight excluding hydrogens is 706 g/mol. The summed E-state index contributed by atoms with van der Waals surface area (Å²) in [6.45, 7) is 0. The molecule has 6 aromatic carbocycles. The predicted octanol–water partition coefficient (Wildman–Crippen LogP) is 1.61. The number of carbonyl (C=O) groups excluding carboxylic acids is 1. The fourth-order valence-corrected chi connectivity index (χ4v) is 5.56. The molecule has 0 spiro atoms. The Balaban J connectivity index is 0.00000302. The first kappa shape index (κ1) is 39.9. The SMILES string of the molecule is Nc1cc(N)c(N=Nc2ccc(S(=O)(=O)O)c3ccccc23)cc1N=Nc1ccc(-c2ccc(N=Nc3ccc([O-])c(C(=O)[O-])c3)cc2)cc1.[Na+].[Na+]. The van der Waals surface area contributed by atoms with E-state index in [1.165, 1.54) is 30.3 Å². The molecule has 0 fully saturated rings. The molecule has 0 unspecified atom stereocenters. The van der Waals surface area contributed by atoms with Crippen molar-refractivity contribution in [1.29, 1.82) is 0 Å². The van der Waals surface area contributed by atoms with Crippen molar-refractivity contribution in [1.82, 2.24) is 0 Å². The van der Waals surface area contributed by atoms with Gasteiger partial charge < -0.3 is 26.5 Å². The molecule has 0 radical (unpaired) electrons. The van der Waals surface area contributed by atoms with Crippen LogP contribution in [0.5, 0.6) is 5.75 Å². The van der Waals surface area contributed by atoms with E-state index in [1.54, 1.807) is 48.5 Å². The normalized spacial score (nSPS) is 11.6. The van der Waals surface area contributed by atoms with Gasteiger partial charge in [-0.05, 0) is 77.4 Å². The average molecular weight is 731 g/mol. The number of rotatable bonds is 9. The molecule has 6 rings (SSSR count). The van der Waals surface area contributed by atoms with Gasteiger partial charge in [0.15, 0.2) is 0 Å². The molecule has 0 aromatic heterocycles. The van der Waals surface area contributed by atoms with Crippen LogP contribution in [0.15, 0.2) is 151 Å². The summed E-state index contributed by atoms with van der Waals surface area (Å²) >= 11 is 0. The third kappa shape index (κ3) is 9.33. The quantitative estimate of drug-likeness (QED) is 0.0852. The van der Waals surface area contributed by atoms with Gasteiger partial charge in [0.1, 0.15) is 16.3 Å². The summed E-state index contributed by atoms with van der Waals surface area (Å²) in [5, 5.41) is 48.6. The smallest absolute Gasteiger partial charge is 0.872 e. The molecule has 17 heteroatoms. The number of carbonyl (C=O) groups is 1. The monoisotopic (exact) mass is 730 g/mol. The van der Waals surface area contributed by atoms with E-state index in [-0.39, 0.29) is 86.8 Å². The maximum Gasteiger partial charge on any atom is 1.00 e. The van der Waals surface area contributed by atoms with Crippen LogP contribution in [0, 0.1) is 0 Å². The third-order valence-electron chi connectivity index (χ3n) is 7.39. The number of fused-ring (bicyclic) bond motifs is 1. The maximum atomic E-state index is 11.8. The molecule has 5 N–H and O–H groups in total. The number of anilines is 2. The summed E-state index contributed by atoms with van der Waals surface area (Å²) in [5.41, 5.74) is 16.3. The number of nitrogens with two attached hydrogens (primary N) is 2. The Labute approximate surface area is 341 Å². The maximum absolute atomic E-state index is 11.8. The summed E-state index contributed by atoms with van der Waals surface area (Å²) in [6.07, 6.45) is 0. The molecule has 0 saturated carbocycles.